The lowest BCUT2D eigenvalue weighted by atomic mass is 10.2. The van der Waals surface area contributed by atoms with Gasteiger partial charge < -0.3 is 10.3 Å². The third kappa shape index (κ3) is 2.18. The number of anilines is 2. The molecule has 0 saturated heterocycles. The Hall–Kier alpha value is -3.21. The van der Waals surface area contributed by atoms with Gasteiger partial charge in [0.2, 0.25) is 5.52 Å². The van der Waals surface area contributed by atoms with Gasteiger partial charge in [-0.2, -0.15) is 0 Å². The molecule has 3 rings (SSSR count). The van der Waals surface area contributed by atoms with Crippen molar-refractivity contribution in [1.82, 2.24) is 20.3 Å². The summed E-state index contributed by atoms with van der Waals surface area (Å²) < 4.78 is 4.45. The van der Waals surface area contributed by atoms with Gasteiger partial charge in [0.05, 0.1) is 9.95 Å². The first kappa shape index (κ1) is 13.8. The van der Waals surface area contributed by atoms with E-state index in [4.69, 9.17) is 11.6 Å². The molecule has 0 radical (unpaired) electrons. The summed E-state index contributed by atoms with van der Waals surface area (Å²) in [5.74, 6) is 0. The third-order valence-electron chi connectivity index (χ3n) is 2.74. The van der Waals surface area contributed by atoms with Crippen LogP contribution in [0.1, 0.15) is 0 Å². The maximum Gasteiger partial charge on any atom is 0.325 e. The van der Waals surface area contributed by atoms with Crippen LogP contribution in [0.15, 0.2) is 26.5 Å². The average molecular weight is 325 g/mol. The zero-order chi connectivity index (χ0) is 15.9. The zero-order valence-electron chi connectivity index (χ0n) is 10.4. The molecule has 1 aromatic carbocycles. The summed E-state index contributed by atoms with van der Waals surface area (Å²) in [5, 5.41) is 20.7. The monoisotopic (exact) mass is 324 g/mol. The van der Waals surface area contributed by atoms with E-state index in [1.165, 1.54) is 6.07 Å². The minimum absolute atomic E-state index is 0.0225. The fraction of sp³-hybridized carbons (Fsp3) is 0. The van der Waals surface area contributed by atoms with Crippen molar-refractivity contribution in [3.8, 4) is 0 Å². The van der Waals surface area contributed by atoms with Gasteiger partial charge >= 0.3 is 11.4 Å². The van der Waals surface area contributed by atoms with Gasteiger partial charge in [-0.15, -0.1) is 0 Å². The Balaban J connectivity index is 2.21. The number of rotatable bonds is 3. The molecule has 0 amide bonds. The van der Waals surface area contributed by atoms with Gasteiger partial charge in [0.1, 0.15) is 11.4 Å². The molecule has 3 N–H and O–H groups in total. The quantitative estimate of drug-likeness (QED) is 0.473. The van der Waals surface area contributed by atoms with Crippen LogP contribution in [0, 0.1) is 10.1 Å². The molecule has 0 saturated carbocycles. The van der Waals surface area contributed by atoms with E-state index >= 15 is 0 Å². The number of hydrogen-bond acceptors (Lipinski definition) is 8. The number of halogens is 1. The Kier molecular flexibility index (Phi) is 3.10. The molecular formula is C10H5ClN6O5. The van der Waals surface area contributed by atoms with Crippen molar-refractivity contribution in [1.29, 1.82) is 0 Å². The van der Waals surface area contributed by atoms with Crippen LogP contribution < -0.4 is 16.6 Å². The first-order chi connectivity index (χ1) is 10.5. The summed E-state index contributed by atoms with van der Waals surface area (Å²) in [7, 11) is 0. The van der Waals surface area contributed by atoms with Gasteiger partial charge in [-0.05, 0) is 16.4 Å². The molecule has 0 bridgehead atoms. The molecule has 3 aromatic rings. The Morgan fingerprint density at radius 3 is 2.68 bits per heavy atom. The molecule has 0 spiro atoms. The average Bonchev–Trinajstić information content (AvgIpc) is 2.91. The molecule has 0 atom stereocenters. The van der Waals surface area contributed by atoms with E-state index < -0.39 is 21.9 Å². The van der Waals surface area contributed by atoms with E-state index in [1.54, 1.807) is 0 Å². The highest BCUT2D eigenvalue weighted by atomic mass is 35.5. The van der Waals surface area contributed by atoms with E-state index in [0.29, 0.717) is 0 Å². The minimum atomic E-state index is -0.757. The van der Waals surface area contributed by atoms with Gasteiger partial charge in [0, 0.05) is 6.20 Å². The maximum absolute atomic E-state index is 11.6. The fourth-order valence-electron chi connectivity index (χ4n) is 1.82. The van der Waals surface area contributed by atoms with E-state index in [2.05, 4.69) is 25.2 Å². The van der Waals surface area contributed by atoms with E-state index in [1.807, 2.05) is 4.98 Å². The zero-order valence-corrected chi connectivity index (χ0v) is 11.2. The lowest BCUT2D eigenvalue weighted by Gasteiger charge is -2.06. The fourth-order valence-corrected chi connectivity index (χ4v) is 2.05. The Morgan fingerprint density at radius 2 is 2.00 bits per heavy atom. The minimum Gasteiger partial charge on any atom is -0.344 e. The molecule has 11 nitrogen and oxygen atoms in total. The van der Waals surface area contributed by atoms with Crippen molar-refractivity contribution >= 4 is 39.7 Å². The number of hydrogen-bond donors (Lipinski definition) is 3. The lowest BCUT2D eigenvalue weighted by molar-refractivity contribution is -0.382. The Bertz CT molecular complexity index is 1000. The summed E-state index contributed by atoms with van der Waals surface area (Å²) in [6.07, 6.45) is 1.07. The summed E-state index contributed by atoms with van der Waals surface area (Å²) in [5.41, 5.74) is -2.29. The molecule has 0 aliphatic rings. The number of fused-ring (bicyclic) bond motifs is 1. The van der Waals surface area contributed by atoms with Crippen molar-refractivity contribution in [2.75, 3.05) is 5.32 Å². The van der Waals surface area contributed by atoms with Crippen LogP contribution in [0.5, 0.6) is 0 Å². The van der Waals surface area contributed by atoms with Crippen LogP contribution in [0.2, 0.25) is 5.02 Å². The summed E-state index contributed by atoms with van der Waals surface area (Å²) in [6, 6.07) is 1.21. The predicted molar refractivity (Wildman–Crippen MR) is 74.4 cm³/mol. The second-order valence-corrected chi connectivity index (χ2v) is 4.49. The molecule has 12 heteroatoms. The molecule has 0 aliphatic heterocycles. The number of benzene rings is 1. The van der Waals surface area contributed by atoms with Crippen LogP contribution in [0.25, 0.3) is 11.0 Å². The number of nitrogens with one attached hydrogen (secondary N) is 3. The SMILES string of the molecule is O=c1[nH]cc(Nc2cc(Cl)c3nonc3c2[N+](=O)[O-])c(=O)[nH]1. The topological polar surface area (TPSA) is 160 Å². The standard InChI is InChI=1S/C10H5ClN6O5/c11-3-1-4(13-5-2-12-10(19)14-9(5)18)8(17(20)21)7-6(3)15-22-16-7/h1-2,13H,(H2,12,14,18,19). The number of aromatic nitrogens is 4. The highest BCUT2D eigenvalue weighted by molar-refractivity contribution is 6.35. The predicted octanol–water partition coefficient (Wildman–Crippen LogP) is 0.905. The van der Waals surface area contributed by atoms with Crippen molar-refractivity contribution in [3.05, 3.63) is 48.2 Å². The molecule has 112 valence electrons. The number of H-pyrrole nitrogens is 2. The molecule has 2 heterocycles. The number of nitro benzene ring substituents is 1. The normalized spacial score (nSPS) is 10.8. The van der Waals surface area contributed by atoms with E-state index in [-0.39, 0.29) is 27.4 Å². The first-order valence-corrected chi connectivity index (χ1v) is 6.03. The van der Waals surface area contributed by atoms with Gasteiger partial charge in [0.25, 0.3) is 5.56 Å². The molecule has 0 aliphatic carbocycles. The highest BCUT2D eigenvalue weighted by Crippen LogP contribution is 2.37. The van der Waals surface area contributed by atoms with Gasteiger partial charge in [-0.25, -0.2) is 9.42 Å². The first-order valence-electron chi connectivity index (χ1n) is 5.65. The van der Waals surface area contributed by atoms with Crippen molar-refractivity contribution in [2.24, 2.45) is 0 Å². The summed E-state index contributed by atoms with van der Waals surface area (Å²) >= 11 is 5.94. The second-order valence-electron chi connectivity index (χ2n) is 4.08. The molecule has 2 aromatic heterocycles. The van der Waals surface area contributed by atoms with Gasteiger partial charge in [-0.1, -0.05) is 11.6 Å². The van der Waals surface area contributed by atoms with Crippen molar-refractivity contribution < 1.29 is 9.55 Å². The molecule has 0 fully saturated rings. The smallest absolute Gasteiger partial charge is 0.325 e. The molecule has 0 unspecified atom stereocenters. The van der Waals surface area contributed by atoms with Crippen molar-refractivity contribution in [2.45, 2.75) is 0 Å². The Morgan fingerprint density at radius 1 is 1.27 bits per heavy atom. The number of aromatic amines is 2. The van der Waals surface area contributed by atoms with Crippen LogP contribution in [-0.2, 0) is 0 Å². The second kappa shape index (κ2) is 4.96. The number of nitro groups is 1. The molecular weight excluding hydrogens is 320 g/mol. The van der Waals surface area contributed by atoms with Gasteiger partial charge in [0.15, 0.2) is 5.52 Å². The molecule has 22 heavy (non-hydrogen) atoms. The highest BCUT2D eigenvalue weighted by Gasteiger charge is 2.25. The van der Waals surface area contributed by atoms with E-state index in [9.17, 15) is 19.7 Å². The third-order valence-corrected chi connectivity index (χ3v) is 3.02. The number of nitrogens with zero attached hydrogens (tertiary/aromatic N) is 3. The lowest BCUT2D eigenvalue weighted by Crippen LogP contribution is -2.23. The van der Waals surface area contributed by atoms with Crippen LogP contribution in [0.4, 0.5) is 17.1 Å². The van der Waals surface area contributed by atoms with Crippen LogP contribution in [-0.4, -0.2) is 25.2 Å². The Labute approximate surface area is 124 Å². The maximum atomic E-state index is 11.6. The van der Waals surface area contributed by atoms with Crippen LogP contribution >= 0.6 is 11.6 Å². The largest absolute Gasteiger partial charge is 0.344 e. The van der Waals surface area contributed by atoms with E-state index in [0.717, 1.165) is 6.20 Å². The van der Waals surface area contributed by atoms with Crippen molar-refractivity contribution in [3.63, 3.8) is 0 Å². The van der Waals surface area contributed by atoms with Gasteiger partial charge in [-0.3, -0.25) is 19.9 Å². The van der Waals surface area contributed by atoms with Crippen LogP contribution in [0.3, 0.4) is 0 Å². The summed E-state index contributed by atoms with van der Waals surface area (Å²) in [6.45, 7) is 0. The summed E-state index contributed by atoms with van der Waals surface area (Å²) in [4.78, 5) is 37.3.